The van der Waals surface area contributed by atoms with E-state index in [0.29, 0.717) is 23.1 Å². The fraction of sp³-hybridized carbons (Fsp3) is 0.0833. The summed E-state index contributed by atoms with van der Waals surface area (Å²) in [5.74, 6) is -0.0228. The highest BCUT2D eigenvalue weighted by Gasteiger charge is 2.12. The molecule has 0 aliphatic heterocycles. The Bertz CT molecular complexity index is 1990. The first-order valence-electron chi connectivity index (χ1n) is 10.8. The zero-order chi connectivity index (χ0) is 22.8. The van der Waals surface area contributed by atoms with Crippen molar-refractivity contribution in [2.75, 3.05) is 0 Å². The van der Waals surface area contributed by atoms with Crippen molar-refractivity contribution < 1.29 is 4.79 Å². The number of fused-ring (bicyclic) bond motifs is 9. The number of thiophene rings is 1. The Hall–Kier alpha value is -4.44. The van der Waals surface area contributed by atoms with E-state index in [1.807, 2.05) is 37.3 Å². The average molecular weight is 465 g/mol. The van der Waals surface area contributed by atoms with Crippen LogP contribution in [0, 0.1) is 0 Å². The lowest BCUT2D eigenvalue weighted by Crippen LogP contribution is -2.09. The zero-order valence-electron chi connectivity index (χ0n) is 17.9. The molecule has 7 rings (SSSR count). The average Bonchev–Trinajstić information content (AvgIpc) is 3.61. The molecular formula is C24H16N8OS. The Labute approximate surface area is 194 Å². The number of H-pyrrole nitrogens is 2. The number of hydrogen-bond donors (Lipinski definition) is 2. The van der Waals surface area contributed by atoms with Gasteiger partial charge in [0.25, 0.3) is 0 Å². The van der Waals surface area contributed by atoms with Crippen molar-refractivity contribution in [2.45, 2.75) is 13.3 Å². The van der Waals surface area contributed by atoms with E-state index in [-0.39, 0.29) is 5.91 Å². The first-order chi connectivity index (χ1) is 16.7. The van der Waals surface area contributed by atoms with Gasteiger partial charge in [-0.3, -0.25) is 29.4 Å². The van der Waals surface area contributed by atoms with E-state index in [1.165, 1.54) is 11.3 Å². The zero-order valence-corrected chi connectivity index (χ0v) is 18.7. The summed E-state index contributed by atoms with van der Waals surface area (Å²) in [5.41, 5.74) is 5.94. The monoisotopic (exact) mass is 464 g/mol. The molecule has 0 saturated heterocycles. The molecule has 0 unspecified atom stereocenters. The van der Waals surface area contributed by atoms with Gasteiger partial charge in [-0.2, -0.15) is 5.10 Å². The van der Waals surface area contributed by atoms with Crippen molar-refractivity contribution in [1.29, 1.82) is 0 Å². The third-order valence-corrected chi connectivity index (χ3v) is 7.02. The van der Waals surface area contributed by atoms with Crippen molar-refractivity contribution in [3.8, 4) is 0 Å². The number of imidazole rings is 1. The molecule has 0 amide bonds. The van der Waals surface area contributed by atoms with Gasteiger partial charge >= 0.3 is 0 Å². The van der Waals surface area contributed by atoms with Crippen LogP contribution in [-0.2, 0) is 0 Å². The summed E-state index contributed by atoms with van der Waals surface area (Å²) in [5, 5.41) is 9.26. The molecule has 0 aliphatic carbocycles. The van der Waals surface area contributed by atoms with E-state index in [1.54, 1.807) is 29.4 Å². The molecule has 0 fully saturated rings. The quantitative estimate of drug-likeness (QED) is 0.341. The smallest absolute Gasteiger partial charge is 0.231 e. The SMILES string of the molecule is CCC(=O)n1c2cncc(c2)c2cc3c(cn2)[nH]nc3c2nc3c(ccnc3c3ccc1s3)[nH]2. The molecule has 0 radical (unpaired) electrons. The number of aromatic amines is 2. The van der Waals surface area contributed by atoms with E-state index in [0.717, 1.165) is 47.9 Å². The molecule has 9 nitrogen and oxygen atoms in total. The van der Waals surface area contributed by atoms with E-state index in [2.05, 4.69) is 30.1 Å². The lowest BCUT2D eigenvalue weighted by molar-refractivity contribution is 0.0918. The normalized spacial score (nSPS) is 11.9. The van der Waals surface area contributed by atoms with Gasteiger partial charge in [0.1, 0.15) is 21.4 Å². The Morgan fingerprint density at radius 2 is 1.97 bits per heavy atom. The lowest BCUT2D eigenvalue weighted by Gasteiger charge is -2.05. The minimum Gasteiger partial charge on any atom is -0.336 e. The highest BCUT2D eigenvalue weighted by molar-refractivity contribution is 7.24. The second-order valence-corrected chi connectivity index (χ2v) is 9.04. The maximum Gasteiger partial charge on any atom is 0.231 e. The molecule has 2 N–H and O–H groups in total. The number of pyridine rings is 3. The van der Waals surface area contributed by atoms with Crippen molar-refractivity contribution in [2.24, 2.45) is 0 Å². The number of nitrogens with zero attached hydrogens (tertiary/aromatic N) is 6. The molecule has 7 aromatic heterocycles. The number of nitrogens with one attached hydrogen (secondary N) is 2. The molecule has 34 heavy (non-hydrogen) atoms. The standard InChI is InChI=1S/C24H16N8OS/c1-2-19(33)32-13-7-12(9-25-10-13)16-8-14-17(11-27-16)30-31-21(14)24-28-15-5-6-26-23(22(15)29-24)18-3-4-20(32)34-18/h3-11H,2H2,1H3,(H,28,29)(H,30,31). The minimum absolute atomic E-state index is 0.0228. The van der Waals surface area contributed by atoms with E-state index in [9.17, 15) is 4.79 Å². The Morgan fingerprint density at radius 3 is 2.88 bits per heavy atom. The molecule has 0 aliphatic rings. The van der Waals surface area contributed by atoms with Crippen LogP contribution in [0.1, 0.15) is 18.1 Å². The van der Waals surface area contributed by atoms with Gasteiger partial charge in [0, 0.05) is 29.6 Å². The van der Waals surface area contributed by atoms with Crippen LogP contribution < -0.4 is 0 Å². The van der Waals surface area contributed by atoms with Crippen molar-refractivity contribution in [3.05, 3.63) is 55.1 Å². The molecule has 10 heteroatoms. The molecule has 7 heterocycles. The van der Waals surface area contributed by atoms with Crippen LogP contribution in [0.5, 0.6) is 0 Å². The minimum atomic E-state index is -0.0228. The van der Waals surface area contributed by atoms with Crippen LogP contribution in [-0.4, -0.2) is 45.6 Å². The molecular weight excluding hydrogens is 448 g/mol. The third-order valence-electron chi connectivity index (χ3n) is 5.95. The predicted octanol–water partition coefficient (Wildman–Crippen LogP) is 5.27. The van der Waals surface area contributed by atoms with Crippen LogP contribution in [0.2, 0.25) is 0 Å². The summed E-state index contributed by atoms with van der Waals surface area (Å²) in [4.78, 5) is 35.8. The number of carbonyl (C=O) groups is 1. The van der Waals surface area contributed by atoms with E-state index in [4.69, 9.17) is 4.98 Å². The van der Waals surface area contributed by atoms with Gasteiger partial charge in [-0.15, -0.1) is 11.3 Å². The Kier molecular flexibility index (Phi) is 3.94. The molecule has 0 saturated carbocycles. The summed E-state index contributed by atoms with van der Waals surface area (Å²) >= 11 is 1.49. The molecule has 164 valence electrons. The highest BCUT2D eigenvalue weighted by Crippen LogP contribution is 2.29. The molecule has 7 aromatic rings. The van der Waals surface area contributed by atoms with Gasteiger partial charge in [0.15, 0.2) is 5.65 Å². The number of hydrogen-bond acceptors (Lipinski definition) is 7. The maximum atomic E-state index is 13.1. The number of carbonyl (C=O) groups excluding carboxylic acids is 1. The molecule has 0 spiro atoms. The topological polar surface area (TPSA) is 118 Å². The van der Waals surface area contributed by atoms with Gasteiger partial charge in [-0.05, 0) is 30.3 Å². The maximum absolute atomic E-state index is 13.1. The van der Waals surface area contributed by atoms with Crippen LogP contribution in [0.3, 0.4) is 0 Å². The summed E-state index contributed by atoms with van der Waals surface area (Å²) in [7, 11) is 0. The van der Waals surface area contributed by atoms with Crippen molar-refractivity contribution in [3.63, 3.8) is 0 Å². The largest absolute Gasteiger partial charge is 0.336 e. The van der Waals surface area contributed by atoms with Crippen LogP contribution in [0.4, 0.5) is 0 Å². The summed E-state index contributed by atoms with van der Waals surface area (Å²) in [6, 6.07) is 9.73. The predicted molar refractivity (Wildman–Crippen MR) is 134 cm³/mol. The summed E-state index contributed by atoms with van der Waals surface area (Å²) in [6.45, 7) is 1.85. The van der Waals surface area contributed by atoms with Gasteiger partial charge in [-0.25, -0.2) is 4.98 Å². The third kappa shape index (κ3) is 2.72. The van der Waals surface area contributed by atoms with Gasteiger partial charge in [0.2, 0.25) is 5.91 Å². The summed E-state index contributed by atoms with van der Waals surface area (Å²) in [6.07, 6.45) is 7.32. The first-order valence-corrected chi connectivity index (χ1v) is 11.6. The Morgan fingerprint density at radius 1 is 1.03 bits per heavy atom. The van der Waals surface area contributed by atoms with E-state index < -0.39 is 0 Å². The van der Waals surface area contributed by atoms with Crippen molar-refractivity contribution >= 4 is 81.8 Å². The van der Waals surface area contributed by atoms with E-state index >= 15 is 0 Å². The van der Waals surface area contributed by atoms with Gasteiger partial charge in [-0.1, -0.05) is 6.92 Å². The second-order valence-electron chi connectivity index (χ2n) is 7.98. The van der Waals surface area contributed by atoms with Crippen LogP contribution in [0.25, 0.3) is 64.6 Å². The lowest BCUT2D eigenvalue weighted by atomic mass is 10.2. The molecule has 8 bridgehead atoms. The fourth-order valence-electron chi connectivity index (χ4n) is 4.30. The summed E-state index contributed by atoms with van der Waals surface area (Å²) < 4.78 is 2.63. The highest BCUT2D eigenvalue weighted by atomic mass is 32.1. The second kappa shape index (κ2) is 7.03. The van der Waals surface area contributed by atoms with Crippen molar-refractivity contribution in [1.82, 2.24) is 39.7 Å². The molecule has 0 atom stereocenters. The Balaban J connectivity index is 1.79. The van der Waals surface area contributed by atoms with Gasteiger partial charge in [0.05, 0.1) is 39.2 Å². The van der Waals surface area contributed by atoms with Crippen LogP contribution >= 0.6 is 11.3 Å². The fourth-order valence-corrected chi connectivity index (χ4v) is 5.34. The van der Waals surface area contributed by atoms with Gasteiger partial charge < -0.3 is 4.98 Å². The first kappa shape index (κ1) is 19.1. The number of aromatic nitrogens is 8. The number of rotatable bonds is 1. The van der Waals surface area contributed by atoms with Crippen LogP contribution in [0.15, 0.2) is 55.1 Å². The molecule has 0 aromatic carbocycles.